The van der Waals surface area contributed by atoms with E-state index in [0.29, 0.717) is 24.5 Å². The van der Waals surface area contributed by atoms with Crippen LogP contribution >= 0.6 is 11.3 Å². The molecule has 20 heavy (non-hydrogen) atoms. The Labute approximate surface area is 125 Å². The number of aliphatic hydroxyl groups is 1. The van der Waals surface area contributed by atoms with Crippen molar-refractivity contribution in [3.8, 4) is 0 Å². The third-order valence-electron chi connectivity index (χ3n) is 4.91. The van der Waals surface area contributed by atoms with Crippen LogP contribution in [0, 0.1) is 5.92 Å². The molecular weight excluding hydrogens is 270 g/mol. The number of hydrogen-bond acceptors (Lipinski definition) is 5. The Morgan fingerprint density at radius 1 is 1.30 bits per heavy atom. The van der Waals surface area contributed by atoms with Crippen LogP contribution in [0.2, 0.25) is 0 Å². The Balaban J connectivity index is 1.55. The van der Waals surface area contributed by atoms with Crippen LogP contribution in [0.15, 0.2) is 11.6 Å². The SMILES string of the molecule is OCC(C1CCNCC1)N1CCC(c2nccs2)CC1. The first-order valence-corrected chi connectivity index (χ1v) is 8.71. The molecule has 0 spiro atoms. The zero-order valence-electron chi connectivity index (χ0n) is 12.0. The summed E-state index contributed by atoms with van der Waals surface area (Å²) in [4.78, 5) is 6.99. The first-order valence-electron chi connectivity index (χ1n) is 7.83. The van der Waals surface area contributed by atoms with Crippen molar-refractivity contribution < 1.29 is 5.11 Å². The first kappa shape index (κ1) is 14.4. The molecule has 0 bridgehead atoms. The molecule has 5 heteroatoms. The maximum Gasteiger partial charge on any atom is 0.0956 e. The van der Waals surface area contributed by atoms with E-state index in [4.69, 9.17) is 0 Å². The van der Waals surface area contributed by atoms with Crippen molar-refractivity contribution in [2.45, 2.75) is 37.6 Å². The summed E-state index contributed by atoms with van der Waals surface area (Å²) in [5.41, 5.74) is 0. The Kier molecular flexibility index (Phi) is 5.04. The van der Waals surface area contributed by atoms with Gasteiger partial charge in [-0.1, -0.05) is 0 Å². The van der Waals surface area contributed by atoms with Gasteiger partial charge < -0.3 is 10.4 Å². The molecule has 2 aliphatic rings. The molecule has 0 radical (unpaired) electrons. The van der Waals surface area contributed by atoms with Gasteiger partial charge in [-0.05, 0) is 57.8 Å². The van der Waals surface area contributed by atoms with Crippen LogP contribution in [0.4, 0.5) is 0 Å². The lowest BCUT2D eigenvalue weighted by atomic mass is 9.87. The fourth-order valence-electron chi connectivity index (χ4n) is 3.71. The molecule has 2 aliphatic heterocycles. The van der Waals surface area contributed by atoms with Crippen LogP contribution in [0.1, 0.15) is 36.6 Å². The average Bonchev–Trinajstić information content (AvgIpc) is 3.04. The van der Waals surface area contributed by atoms with E-state index in [1.54, 1.807) is 11.3 Å². The Morgan fingerprint density at radius 3 is 2.65 bits per heavy atom. The van der Waals surface area contributed by atoms with Gasteiger partial charge >= 0.3 is 0 Å². The molecule has 2 fully saturated rings. The van der Waals surface area contributed by atoms with Crippen molar-refractivity contribution >= 4 is 11.3 Å². The minimum absolute atomic E-state index is 0.312. The highest BCUT2D eigenvalue weighted by molar-refractivity contribution is 7.09. The molecule has 1 atom stereocenters. The number of piperidine rings is 2. The third-order valence-corrected chi connectivity index (χ3v) is 5.85. The smallest absolute Gasteiger partial charge is 0.0956 e. The lowest BCUT2D eigenvalue weighted by Gasteiger charge is -2.41. The number of likely N-dealkylation sites (tertiary alicyclic amines) is 1. The van der Waals surface area contributed by atoms with Gasteiger partial charge in [0.25, 0.3) is 0 Å². The second-order valence-corrected chi connectivity index (χ2v) is 6.94. The van der Waals surface area contributed by atoms with E-state index in [0.717, 1.165) is 26.2 Å². The molecule has 112 valence electrons. The van der Waals surface area contributed by atoms with Gasteiger partial charge in [-0.2, -0.15) is 0 Å². The lowest BCUT2D eigenvalue weighted by molar-refractivity contribution is 0.0495. The van der Waals surface area contributed by atoms with Gasteiger partial charge in [0.1, 0.15) is 0 Å². The quantitative estimate of drug-likeness (QED) is 0.887. The number of aliphatic hydroxyl groups excluding tert-OH is 1. The monoisotopic (exact) mass is 295 g/mol. The number of hydrogen-bond donors (Lipinski definition) is 2. The minimum Gasteiger partial charge on any atom is -0.395 e. The third kappa shape index (κ3) is 3.22. The van der Waals surface area contributed by atoms with Crippen molar-refractivity contribution in [3.05, 3.63) is 16.6 Å². The number of nitrogens with one attached hydrogen (secondary N) is 1. The molecule has 0 aliphatic carbocycles. The largest absolute Gasteiger partial charge is 0.395 e. The highest BCUT2D eigenvalue weighted by Gasteiger charge is 2.31. The fourth-order valence-corrected chi connectivity index (χ4v) is 4.52. The van der Waals surface area contributed by atoms with E-state index in [-0.39, 0.29) is 0 Å². The summed E-state index contributed by atoms with van der Waals surface area (Å²) in [6.07, 6.45) is 6.71. The zero-order valence-corrected chi connectivity index (χ0v) is 12.8. The lowest BCUT2D eigenvalue weighted by Crippen LogP contribution is -2.49. The normalized spacial score (nSPS) is 24.9. The molecule has 0 aromatic carbocycles. The fraction of sp³-hybridized carbons (Fsp3) is 0.800. The Hall–Kier alpha value is -0.490. The maximum absolute atomic E-state index is 9.81. The van der Waals surface area contributed by atoms with Crippen LogP contribution in [0.25, 0.3) is 0 Å². The van der Waals surface area contributed by atoms with Crippen LogP contribution in [0.3, 0.4) is 0 Å². The van der Waals surface area contributed by atoms with Crippen molar-refractivity contribution in [2.24, 2.45) is 5.92 Å². The summed E-state index contributed by atoms with van der Waals surface area (Å²) < 4.78 is 0. The molecule has 1 aromatic heterocycles. The molecule has 3 heterocycles. The predicted molar refractivity (Wildman–Crippen MR) is 82.1 cm³/mol. The number of nitrogens with zero attached hydrogens (tertiary/aromatic N) is 2. The van der Waals surface area contributed by atoms with E-state index in [1.165, 1.54) is 30.7 Å². The Morgan fingerprint density at radius 2 is 2.05 bits per heavy atom. The van der Waals surface area contributed by atoms with Crippen molar-refractivity contribution in [1.82, 2.24) is 15.2 Å². The average molecular weight is 295 g/mol. The van der Waals surface area contributed by atoms with E-state index in [1.807, 2.05) is 6.20 Å². The van der Waals surface area contributed by atoms with Crippen LogP contribution < -0.4 is 5.32 Å². The topological polar surface area (TPSA) is 48.4 Å². The van der Waals surface area contributed by atoms with Crippen LogP contribution in [-0.4, -0.2) is 53.8 Å². The Bertz CT molecular complexity index is 384. The standard InChI is InChI=1S/C15H25N3OS/c19-11-14(12-1-5-16-6-2-12)18-8-3-13(4-9-18)15-17-7-10-20-15/h7,10,12-14,16,19H,1-6,8-9,11H2. The van der Waals surface area contributed by atoms with Gasteiger partial charge in [-0.3, -0.25) is 4.90 Å². The second kappa shape index (κ2) is 6.98. The summed E-state index contributed by atoms with van der Waals surface area (Å²) >= 11 is 1.79. The summed E-state index contributed by atoms with van der Waals surface area (Å²) in [5.74, 6) is 1.30. The highest BCUT2D eigenvalue weighted by Crippen LogP contribution is 2.32. The van der Waals surface area contributed by atoms with Gasteiger partial charge in [0, 0.05) is 23.5 Å². The van der Waals surface area contributed by atoms with Crippen LogP contribution in [-0.2, 0) is 0 Å². The summed E-state index contributed by atoms with van der Waals surface area (Å²) in [6.45, 7) is 4.75. The second-order valence-electron chi connectivity index (χ2n) is 6.02. The van der Waals surface area contributed by atoms with Crippen molar-refractivity contribution in [2.75, 3.05) is 32.8 Å². The van der Waals surface area contributed by atoms with Crippen molar-refractivity contribution in [3.63, 3.8) is 0 Å². The van der Waals surface area contributed by atoms with Gasteiger partial charge in [-0.15, -0.1) is 11.3 Å². The molecule has 4 nitrogen and oxygen atoms in total. The predicted octanol–water partition coefficient (Wildman–Crippen LogP) is 1.68. The van der Waals surface area contributed by atoms with E-state index in [2.05, 4.69) is 20.6 Å². The van der Waals surface area contributed by atoms with Gasteiger partial charge in [0.15, 0.2) is 0 Å². The van der Waals surface area contributed by atoms with Crippen LogP contribution in [0.5, 0.6) is 0 Å². The molecule has 3 rings (SSSR count). The first-order chi connectivity index (χ1) is 9.88. The molecular formula is C15H25N3OS. The summed E-state index contributed by atoms with van der Waals surface area (Å²) in [5, 5.41) is 16.6. The molecule has 1 aromatic rings. The number of aromatic nitrogens is 1. The van der Waals surface area contributed by atoms with Gasteiger partial charge in [-0.25, -0.2) is 4.98 Å². The van der Waals surface area contributed by atoms with E-state index in [9.17, 15) is 5.11 Å². The van der Waals surface area contributed by atoms with Gasteiger partial charge in [0.05, 0.1) is 11.6 Å². The van der Waals surface area contributed by atoms with Crippen molar-refractivity contribution in [1.29, 1.82) is 0 Å². The minimum atomic E-state index is 0.312. The maximum atomic E-state index is 9.81. The zero-order chi connectivity index (χ0) is 13.8. The summed E-state index contributed by atoms with van der Waals surface area (Å²) in [6, 6.07) is 0.370. The molecule has 2 N–H and O–H groups in total. The van der Waals surface area contributed by atoms with E-state index >= 15 is 0 Å². The molecule has 2 saturated heterocycles. The molecule has 0 saturated carbocycles. The van der Waals surface area contributed by atoms with Gasteiger partial charge in [0.2, 0.25) is 0 Å². The molecule has 0 amide bonds. The molecule has 1 unspecified atom stereocenters. The number of rotatable bonds is 4. The summed E-state index contributed by atoms with van der Waals surface area (Å²) in [7, 11) is 0. The number of thiazole rings is 1. The van der Waals surface area contributed by atoms with E-state index < -0.39 is 0 Å². The highest BCUT2D eigenvalue weighted by atomic mass is 32.1.